The maximum absolute atomic E-state index is 12.8. The van der Waals surface area contributed by atoms with Crippen LogP contribution in [-0.4, -0.2) is 36.2 Å². The third kappa shape index (κ3) is 4.69. The van der Waals surface area contributed by atoms with Crippen molar-refractivity contribution in [2.24, 2.45) is 0 Å². The monoisotopic (exact) mass is 394 g/mol. The van der Waals surface area contributed by atoms with Crippen molar-refractivity contribution in [3.8, 4) is 0 Å². The molecule has 0 saturated carbocycles. The Balaban J connectivity index is 2.31. The highest BCUT2D eigenvalue weighted by Crippen LogP contribution is 2.25. The summed E-state index contributed by atoms with van der Waals surface area (Å²) in [5.41, 5.74) is 2.13. The molecule has 0 heterocycles. The zero-order valence-corrected chi connectivity index (χ0v) is 16.0. The van der Waals surface area contributed by atoms with Crippen molar-refractivity contribution in [1.29, 1.82) is 0 Å². The third-order valence-corrected chi connectivity index (χ3v) is 6.00. The summed E-state index contributed by atoms with van der Waals surface area (Å²) in [6.07, 6.45) is -1.38. The summed E-state index contributed by atoms with van der Waals surface area (Å²) < 4.78 is 28.0. The van der Waals surface area contributed by atoms with Crippen LogP contribution in [0.5, 0.6) is 0 Å². The highest BCUT2D eigenvalue weighted by Gasteiger charge is 2.28. The smallest absolute Gasteiger partial charge is 0.269 e. The average Bonchev–Trinajstić information content (AvgIpc) is 2.58. The minimum absolute atomic E-state index is 0.0995. The highest BCUT2D eigenvalue weighted by atomic mass is 32.2. The normalized spacial score (nSPS) is 14.0. The Morgan fingerprint density at radius 2 is 1.63 bits per heavy atom. The summed E-state index contributed by atoms with van der Waals surface area (Å²) in [5, 5.41) is 30.8. The SMILES string of the molecule is Cc1cc(C)c(S(=O)(=O)N[C@@H](CO)[C@@H](O)c2ccc([N+](=O)[O-])cc2)c(C)c1. The quantitative estimate of drug-likeness (QED) is 0.486. The maximum atomic E-state index is 12.8. The van der Waals surface area contributed by atoms with Gasteiger partial charge in [0, 0.05) is 12.1 Å². The first-order chi connectivity index (χ1) is 12.6. The number of hydrogen-bond acceptors (Lipinski definition) is 6. The van der Waals surface area contributed by atoms with E-state index < -0.39 is 33.7 Å². The lowest BCUT2D eigenvalue weighted by Gasteiger charge is -2.23. The van der Waals surface area contributed by atoms with Gasteiger partial charge in [0.1, 0.15) is 0 Å². The molecule has 2 rings (SSSR count). The molecule has 0 spiro atoms. The molecule has 2 aromatic carbocycles. The van der Waals surface area contributed by atoms with E-state index in [-0.39, 0.29) is 16.1 Å². The predicted octanol–water partition coefficient (Wildman–Crippen LogP) is 1.89. The molecule has 0 saturated heterocycles. The van der Waals surface area contributed by atoms with Crippen LogP contribution in [0.25, 0.3) is 0 Å². The number of rotatable bonds is 7. The first-order valence-corrected chi connectivity index (χ1v) is 9.68. The summed E-state index contributed by atoms with van der Waals surface area (Å²) in [6, 6.07) is 7.32. The number of hydrogen-bond donors (Lipinski definition) is 3. The number of aliphatic hydroxyl groups excluding tert-OH is 2. The molecule has 8 nitrogen and oxygen atoms in total. The fourth-order valence-corrected chi connectivity index (χ4v) is 4.76. The number of nitrogens with zero attached hydrogens (tertiary/aromatic N) is 1. The zero-order chi connectivity index (χ0) is 20.4. The van der Waals surface area contributed by atoms with E-state index in [1.165, 1.54) is 24.3 Å². The number of non-ortho nitro benzene ring substituents is 1. The molecule has 0 aliphatic carbocycles. The van der Waals surface area contributed by atoms with E-state index in [1.54, 1.807) is 26.0 Å². The Hall–Kier alpha value is -2.33. The lowest BCUT2D eigenvalue weighted by atomic mass is 10.0. The molecule has 27 heavy (non-hydrogen) atoms. The summed E-state index contributed by atoms with van der Waals surface area (Å²) in [7, 11) is -4.00. The van der Waals surface area contributed by atoms with Gasteiger partial charge in [0.25, 0.3) is 5.69 Å². The second-order valence-electron chi connectivity index (χ2n) is 6.43. The third-order valence-electron chi connectivity index (χ3n) is 4.20. The van der Waals surface area contributed by atoms with Crippen LogP contribution < -0.4 is 4.72 Å². The molecule has 3 N–H and O–H groups in total. The van der Waals surface area contributed by atoms with Gasteiger partial charge in [-0.15, -0.1) is 0 Å². The lowest BCUT2D eigenvalue weighted by Crippen LogP contribution is -2.42. The topological polar surface area (TPSA) is 130 Å². The van der Waals surface area contributed by atoms with Gasteiger partial charge in [-0.3, -0.25) is 10.1 Å². The molecule has 2 atom stereocenters. The second kappa shape index (κ2) is 8.13. The zero-order valence-electron chi connectivity index (χ0n) is 15.2. The Bertz CT molecular complexity index is 918. The van der Waals surface area contributed by atoms with E-state index in [9.17, 15) is 28.7 Å². The maximum Gasteiger partial charge on any atom is 0.269 e. The number of sulfonamides is 1. The number of nitro benzene ring substituents is 1. The van der Waals surface area contributed by atoms with Crippen molar-refractivity contribution in [3.63, 3.8) is 0 Å². The second-order valence-corrected chi connectivity index (χ2v) is 8.08. The van der Waals surface area contributed by atoms with E-state index >= 15 is 0 Å². The lowest BCUT2D eigenvalue weighted by molar-refractivity contribution is -0.384. The van der Waals surface area contributed by atoms with Gasteiger partial charge in [0.05, 0.1) is 28.6 Å². The summed E-state index contributed by atoms with van der Waals surface area (Å²) in [5.74, 6) is 0. The van der Waals surface area contributed by atoms with E-state index in [0.29, 0.717) is 11.1 Å². The van der Waals surface area contributed by atoms with Crippen molar-refractivity contribution < 1.29 is 23.6 Å². The molecule has 0 aromatic heterocycles. The van der Waals surface area contributed by atoms with Crippen molar-refractivity contribution in [1.82, 2.24) is 4.72 Å². The van der Waals surface area contributed by atoms with Crippen LogP contribution in [0.2, 0.25) is 0 Å². The molecule has 0 radical (unpaired) electrons. The Morgan fingerprint density at radius 1 is 1.11 bits per heavy atom. The van der Waals surface area contributed by atoms with Crippen molar-refractivity contribution >= 4 is 15.7 Å². The standard InChI is InChI=1S/C18H22N2O6S/c1-11-8-12(2)18(13(3)9-11)27(25,26)19-16(10-21)17(22)14-4-6-15(7-5-14)20(23)24/h4-9,16-17,19,21-22H,10H2,1-3H3/t16-,17-/m0/s1. The first kappa shape index (κ1) is 21.0. The van der Waals surface area contributed by atoms with Crippen LogP contribution >= 0.6 is 0 Å². The molecule has 9 heteroatoms. The van der Waals surface area contributed by atoms with Crippen LogP contribution in [0.3, 0.4) is 0 Å². The molecule has 0 amide bonds. The molecular formula is C18H22N2O6S. The number of aryl methyl sites for hydroxylation is 3. The molecule has 0 unspecified atom stereocenters. The van der Waals surface area contributed by atoms with Gasteiger partial charge in [-0.2, -0.15) is 0 Å². The Kier molecular flexibility index (Phi) is 6.32. The van der Waals surface area contributed by atoms with Crippen molar-refractivity contribution in [2.75, 3.05) is 6.61 Å². The first-order valence-electron chi connectivity index (χ1n) is 8.20. The predicted molar refractivity (Wildman–Crippen MR) is 99.9 cm³/mol. The van der Waals surface area contributed by atoms with Gasteiger partial charge < -0.3 is 10.2 Å². The van der Waals surface area contributed by atoms with Crippen molar-refractivity contribution in [2.45, 2.75) is 37.8 Å². The van der Waals surface area contributed by atoms with Crippen molar-refractivity contribution in [3.05, 3.63) is 68.8 Å². The van der Waals surface area contributed by atoms with Crippen LogP contribution in [0.15, 0.2) is 41.3 Å². The van der Waals surface area contributed by atoms with Gasteiger partial charge in [0.15, 0.2) is 0 Å². The number of nitrogens with one attached hydrogen (secondary N) is 1. The molecule has 0 aliphatic rings. The molecule has 2 aromatic rings. The van der Waals surface area contributed by atoms with Crippen LogP contribution in [-0.2, 0) is 10.0 Å². The Morgan fingerprint density at radius 3 is 2.07 bits per heavy atom. The highest BCUT2D eigenvalue weighted by molar-refractivity contribution is 7.89. The minimum Gasteiger partial charge on any atom is -0.395 e. The van der Waals surface area contributed by atoms with Gasteiger partial charge in [-0.25, -0.2) is 13.1 Å². The molecular weight excluding hydrogens is 372 g/mol. The average molecular weight is 394 g/mol. The van der Waals surface area contributed by atoms with Gasteiger partial charge >= 0.3 is 0 Å². The van der Waals surface area contributed by atoms with Crippen LogP contribution in [0.1, 0.15) is 28.4 Å². The van der Waals surface area contributed by atoms with Gasteiger partial charge in [-0.05, 0) is 49.6 Å². The molecule has 0 fully saturated rings. The fourth-order valence-electron chi connectivity index (χ4n) is 3.08. The van der Waals surface area contributed by atoms with E-state index in [1.807, 2.05) is 6.92 Å². The Labute approximate surface area is 157 Å². The number of nitro groups is 1. The summed E-state index contributed by atoms with van der Waals surface area (Å²) in [6.45, 7) is 4.56. The molecule has 0 aliphatic heterocycles. The molecule has 146 valence electrons. The summed E-state index contributed by atoms with van der Waals surface area (Å²) in [4.78, 5) is 10.2. The largest absolute Gasteiger partial charge is 0.395 e. The summed E-state index contributed by atoms with van der Waals surface area (Å²) >= 11 is 0. The minimum atomic E-state index is -4.00. The van der Waals surface area contributed by atoms with Gasteiger partial charge in [-0.1, -0.05) is 17.7 Å². The molecule has 0 bridgehead atoms. The van der Waals surface area contributed by atoms with E-state index in [4.69, 9.17) is 0 Å². The van der Waals surface area contributed by atoms with Crippen LogP contribution in [0, 0.1) is 30.9 Å². The van der Waals surface area contributed by atoms with Gasteiger partial charge in [0.2, 0.25) is 10.0 Å². The van der Waals surface area contributed by atoms with E-state index in [2.05, 4.69) is 4.72 Å². The number of aliphatic hydroxyl groups is 2. The number of benzene rings is 2. The fraction of sp³-hybridized carbons (Fsp3) is 0.333. The van der Waals surface area contributed by atoms with E-state index in [0.717, 1.165) is 5.56 Å². The van der Waals surface area contributed by atoms with Crippen LogP contribution in [0.4, 0.5) is 5.69 Å².